The van der Waals surface area contributed by atoms with Crippen LogP contribution in [0.5, 0.6) is 11.5 Å². The van der Waals surface area contributed by atoms with Gasteiger partial charge >= 0.3 is 23.6 Å². The minimum atomic E-state index is -1.34. The van der Waals surface area contributed by atoms with Crippen molar-refractivity contribution in [3.63, 3.8) is 0 Å². The van der Waals surface area contributed by atoms with Gasteiger partial charge < -0.3 is 36.0 Å². The van der Waals surface area contributed by atoms with Crippen molar-refractivity contribution >= 4 is 45.4 Å². The van der Waals surface area contributed by atoms with Gasteiger partial charge in [-0.2, -0.15) is 0 Å². The van der Waals surface area contributed by atoms with Gasteiger partial charge in [-0.05, 0) is 12.1 Å². The molecule has 148 valence electrons. The van der Waals surface area contributed by atoms with Crippen molar-refractivity contribution in [2.75, 3.05) is 0 Å². The van der Waals surface area contributed by atoms with E-state index in [-0.39, 0.29) is 16.9 Å². The lowest BCUT2D eigenvalue weighted by Crippen LogP contribution is -2.21. The second-order valence-corrected chi connectivity index (χ2v) is 5.93. The number of ketones is 1. The Kier molecular flexibility index (Phi) is 2.78. The van der Waals surface area contributed by atoms with Crippen LogP contribution in [0.1, 0.15) is 15.9 Å². The van der Waals surface area contributed by atoms with E-state index in [0.717, 1.165) is 0 Å². The van der Waals surface area contributed by atoms with Gasteiger partial charge in [0.05, 0.1) is 0 Å². The highest BCUT2D eigenvalue weighted by molar-refractivity contribution is 6.25. The third-order valence-corrected chi connectivity index (χ3v) is 4.32. The molecule has 3 aromatic heterocycles. The average molecular weight is 414 g/mol. The van der Waals surface area contributed by atoms with Gasteiger partial charge in [0.1, 0.15) is 16.9 Å². The first-order valence-corrected chi connectivity index (χ1v) is 7.95. The van der Waals surface area contributed by atoms with Crippen molar-refractivity contribution < 1.29 is 45.6 Å². The third kappa shape index (κ3) is 1.97. The van der Waals surface area contributed by atoms with Crippen LogP contribution in [0.25, 0.3) is 33.5 Å². The first-order valence-electron chi connectivity index (χ1n) is 7.95. The third-order valence-electron chi connectivity index (χ3n) is 4.32. The molecule has 0 fully saturated rings. The molecular formula is C17H2O13. The lowest BCUT2D eigenvalue weighted by atomic mass is 9.99. The number of rotatable bonds is 0. The van der Waals surface area contributed by atoms with E-state index in [1.54, 1.807) is 0 Å². The first kappa shape index (κ1) is 16.2. The number of carbonyl (C=O) groups excluding carboxylic acids is 2. The molecule has 1 aliphatic rings. The summed E-state index contributed by atoms with van der Waals surface area (Å²) in [5.41, 5.74) is -3.29. The molecule has 0 N–H and O–H groups in total. The molecule has 0 saturated carbocycles. The molecule has 0 spiro atoms. The van der Waals surface area contributed by atoms with Gasteiger partial charge in [-0.1, -0.05) is 0 Å². The van der Waals surface area contributed by atoms with Crippen LogP contribution >= 0.6 is 0 Å². The largest absolute Gasteiger partial charge is 0.519 e. The smallest absolute Gasteiger partial charge is 0.394 e. The normalized spacial score (nSPS) is 13.7. The Labute approximate surface area is 158 Å². The number of ether oxygens (including phenoxy) is 2. The summed E-state index contributed by atoms with van der Waals surface area (Å²) in [5, 5.41) is 0. The van der Waals surface area contributed by atoms with Crippen molar-refractivity contribution in [1.29, 1.82) is 0 Å². The van der Waals surface area contributed by atoms with E-state index in [1.807, 2.05) is 0 Å². The zero-order chi connectivity index (χ0) is 20.7. The van der Waals surface area contributed by atoms with Gasteiger partial charge in [-0.3, -0.25) is 4.79 Å². The summed E-state index contributed by atoms with van der Waals surface area (Å²) >= 11 is 0. The molecule has 30 heavy (non-hydrogen) atoms. The molecule has 4 heterocycles. The van der Waals surface area contributed by atoms with E-state index >= 15 is 0 Å². The molecule has 6 rings (SSSR count). The Morgan fingerprint density at radius 2 is 1.13 bits per heavy atom. The average Bonchev–Trinajstić information content (AvgIpc) is 3.35. The molecule has 0 saturated heterocycles. The molecule has 0 amide bonds. The predicted molar refractivity (Wildman–Crippen MR) is 87.9 cm³/mol. The Hall–Kier alpha value is -4.81. The monoisotopic (exact) mass is 414 g/mol. The van der Waals surface area contributed by atoms with Crippen LogP contribution < -0.4 is 26.9 Å². The number of hydrogen-bond donors (Lipinski definition) is 0. The van der Waals surface area contributed by atoms with Crippen LogP contribution in [0.15, 0.2) is 53.0 Å². The van der Waals surface area contributed by atoms with Gasteiger partial charge in [0.15, 0.2) is 22.5 Å². The zero-order valence-electron chi connectivity index (χ0n) is 14.0. The van der Waals surface area contributed by atoms with Crippen molar-refractivity contribution in [3.8, 4) is 11.5 Å². The summed E-state index contributed by atoms with van der Waals surface area (Å²) in [6.07, 6.45) is -1.34. The van der Waals surface area contributed by atoms with Gasteiger partial charge in [-0.15, -0.1) is 0 Å². The molecule has 5 aromatic rings. The molecular weight excluding hydrogens is 412 g/mol. The number of hydrogen-bond acceptors (Lipinski definition) is 13. The van der Waals surface area contributed by atoms with E-state index in [2.05, 4.69) is 0 Å². The fourth-order valence-electron chi connectivity index (χ4n) is 3.23. The molecule has 13 heteroatoms. The van der Waals surface area contributed by atoms with Crippen LogP contribution in [-0.4, -0.2) is 11.9 Å². The Balaban J connectivity index is 1.84. The minimum Gasteiger partial charge on any atom is -0.394 e. The predicted octanol–water partition coefficient (Wildman–Crippen LogP) is 1.91. The summed E-state index contributed by atoms with van der Waals surface area (Å²) in [4.78, 5) is 60.6. The molecule has 0 radical (unpaired) electrons. The Bertz CT molecular complexity index is 1740. The van der Waals surface area contributed by atoms with Gasteiger partial charge in [-0.25, -0.2) is 19.2 Å². The molecule has 2 aromatic carbocycles. The van der Waals surface area contributed by atoms with Gasteiger partial charge in [0.25, 0.3) is 0 Å². The Morgan fingerprint density at radius 3 is 1.90 bits per heavy atom. The van der Waals surface area contributed by atoms with Crippen LogP contribution in [0.4, 0.5) is 4.79 Å². The van der Waals surface area contributed by atoms with Crippen molar-refractivity contribution in [2.45, 2.75) is 0 Å². The summed E-state index contributed by atoms with van der Waals surface area (Å²) in [7, 11) is 0. The lowest BCUT2D eigenvalue weighted by molar-refractivity contribution is 0.102. The molecule has 1 aliphatic heterocycles. The zero-order valence-corrected chi connectivity index (χ0v) is 14.0. The maximum absolute atomic E-state index is 13.5. The summed E-state index contributed by atoms with van der Waals surface area (Å²) in [6, 6.07) is 2.40. The van der Waals surface area contributed by atoms with Gasteiger partial charge in [0, 0.05) is 0 Å². The lowest BCUT2D eigenvalue weighted by Gasteiger charge is -2.15. The maximum atomic E-state index is 13.5. The molecule has 0 unspecified atom stereocenters. The number of carbonyl (C=O) groups is 2. The highest BCUT2D eigenvalue weighted by atomic mass is 16.7. The molecule has 0 atom stereocenters. The highest BCUT2D eigenvalue weighted by Gasteiger charge is 2.37. The van der Waals surface area contributed by atoms with E-state index in [9.17, 15) is 24.0 Å². The van der Waals surface area contributed by atoms with E-state index in [4.69, 9.17) is 36.0 Å². The SMILES string of the molecule is O=C1Oc2ccc3oc(=O)oc3c2C(=O)c2c(c3oc(=O)oc3c3oc(=O)oc23)O1. The maximum Gasteiger partial charge on any atom is 0.519 e. The topological polar surface area (TPSA) is 183 Å². The molecule has 0 bridgehead atoms. The standard InChI is InChI=1S/C17H2O13/c18-7-5-3(1-2-4-8(5)25-15(20)24-4)23-14(19)26-9-6(7)10-12(28-16(21)27-10)13-11(9)29-17(22)30-13/h1-2H. The first-order chi connectivity index (χ1) is 14.4. The number of benzene rings is 2. The number of fused-ring (bicyclic) bond motifs is 9. The summed E-state index contributed by atoms with van der Waals surface area (Å²) in [6.45, 7) is 0. The fraction of sp³-hybridized carbons (Fsp3) is 0. The van der Waals surface area contributed by atoms with Crippen LogP contribution in [-0.2, 0) is 0 Å². The van der Waals surface area contributed by atoms with Crippen LogP contribution in [0.3, 0.4) is 0 Å². The van der Waals surface area contributed by atoms with Crippen molar-refractivity contribution in [3.05, 3.63) is 55.1 Å². The molecule has 13 nitrogen and oxygen atoms in total. The van der Waals surface area contributed by atoms with Crippen molar-refractivity contribution in [1.82, 2.24) is 0 Å². The van der Waals surface area contributed by atoms with E-state index in [0.29, 0.717) is 0 Å². The summed E-state index contributed by atoms with van der Waals surface area (Å²) < 4.78 is 39.2. The second kappa shape index (κ2) is 5.16. The second-order valence-electron chi connectivity index (χ2n) is 5.93. The minimum absolute atomic E-state index is 0.119. The van der Waals surface area contributed by atoms with Crippen LogP contribution in [0.2, 0.25) is 0 Å². The summed E-state index contributed by atoms with van der Waals surface area (Å²) in [5.74, 6) is -5.54. The highest BCUT2D eigenvalue weighted by Crippen LogP contribution is 2.42. The van der Waals surface area contributed by atoms with Crippen LogP contribution in [0, 0.1) is 0 Å². The van der Waals surface area contributed by atoms with E-state index < -0.39 is 68.6 Å². The van der Waals surface area contributed by atoms with E-state index in [1.165, 1.54) is 12.1 Å². The fourth-order valence-corrected chi connectivity index (χ4v) is 3.23. The van der Waals surface area contributed by atoms with Gasteiger partial charge in [0.2, 0.25) is 22.5 Å². The quantitative estimate of drug-likeness (QED) is 0.265. The Morgan fingerprint density at radius 1 is 0.533 bits per heavy atom. The molecule has 0 aliphatic carbocycles. The van der Waals surface area contributed by atoms with Crippen molar-refractivity contribution in [2.24, 2.45) is 0 Å².